The van der Waals surface area contributed by atoms with E-state index in [4.69, 9.17) is 18.9 Å². The van der Waals surface area contributed by atoms with Crippen LogP contribution < -0.4 is 18.9 Å². The maximum absolute atomic E-state index is 12.7. The van der Waals surface area contributed by atoms with Gasteiger partial charge < -0.3 is 18.9 Å². The molecule has 0 bridgehead atoms. The number of ether oxygens (including phenoxy) is 4. The van der Waals surface area contributed by atoms with Crippen LogP contribution in [0, 0.1) is 0 Å². The third-order valence-electron chi connectivity index (χ3n) is 4.30. The number of hydrogen-bond donors (Lipinski definition) is 0. The number of fused-ring (bicyclic) bond motifs is 1. The lowest BCUT2D eigenvalue weighted by molar-refractivity contribution is 0.0739. The van der Waals surface area contributed by atoms with E-state index in [1.54, 1.807) is 68.1 Å². The summed E-state index contributed by atoms with van der Waals surface area (Å²) in [6.45, 7) is 0. The van der Waals surface area contributed by atoms with Gasteiger partial charge in [0.25, 0.3) is 0 Å². The molecule has 0 fully saturated rings. The Kier molecular flexibility index (Phi) is 5.05. The predicted octanol–water partition coefficient (Wildman–Crippen LogP) is 4.60. The number of allylic oxidation sites excluding steroid dienone is 1. The summed E-state index contributed by atoms with van der Waals surface area (Å²) in [7, 11) is 3.11. The number of rotatable bonds is 5. The van der Waals surface area contributed by atoms with E-state index in [1.165, 1.54) is 17.4 Å². The van der Waals surface area contributed by atoms with Gasteiger partial charge in [0.2, 0.25) is 5.78 Å². The van der Waals surface area contributed by atoms with Crippen LogP contribution in [0.1, 0.15) is 25.6 Å². The molecule has 2 heterocycles. The molecule has 0 N–H and O–H groups in total. The van der Waals surface area contributed by atoms with Gasteiger partial charge in [0, 0.05) is 11.6 Å². The molecule has 1 aliphatic heterocycles. The number of carbonyl (C=O) groups excluding carboxylic acids is 2. The van der Waals surface area contributed by atoms with E-state index in [0.29, 0.717) is 39.0 Å². The van der Waals surface area contributed by atoms with Gasteiger partial charge in [-0.1, -0.05) is 6.07 Å². The van der Waals surface area contributed by atoms with Crippen molar-refractivity contribution in [3.8, 4) is 23.0 Å². The number of esters is 1. The van der Waals surface area contributed by atoms with Crippen LogP contribution in [0.25, 0.3) is 6.08 Å². The predicted molar refractivity (Wildman–Crippen MR) is 108 cm³/mol. The minimum absolute atomic E-state index is 0.147. The largest absolute Gasteiger partial charge is 0.497 e. The maximum atomic E-state index is 12.7. The van der Waals surface area contributed by atoms with Gasteiger partial charge in [-0.25, -0.2) is 4.79 Å². The average molecular weight is 408 g/mol. The standard InChI is InChI=1S/C22H16O6S/c1-25-14-6-8-17(26-2)13(10-14)11-19-21(23)16-7-5-15(12-18(16)28-19)27-22(24)20-4-3-9-29-20/h3-12H,1-2H3. The van der Waals surface area contributed by atoms with Crippen LogP contribution in [0.2, 0.25) is 0 Å². The van der Waals surface area contributed by atoms with Crippen molar-refractivity contribution in [2.75, 3.05) is 14.2 Å². The topological polar surface area (TPSA) is 71.1 Å². The Balaban J connectivity index is 1.60. The first kappa shape index (κ1) is 18.8. The first-order chi connectivity index (χ1) is 14.1. The molecule has 0 spiro atoms. The summed E-state index contributed by atoms with van der Waals surface area (Å²) in [6.07, 6.45) is 1.60. The minimum atomic E-state index is -0.457. The summed E-state index contributed by atoms with van der Waals surface area (Å²) < 4.78 is 21.7. The molecule has 7 heteroatoms. The molecular weight excluding hydrogens is 392 g/mol. The van der Waals surface area contributed by atoms with Crippen LogP contribution in [-0.4, -0.2) is 26.0 Å². The lowest BCUT2D eigenvalue weighted by Crippen LogP contribution is -2.06. The second-order valence-corrected chi connectivity index (χ2v) is 7.02. The molecule has 0 radical (unpaired) electrons. The van der Waals surface area contributed by atoms with Crippen LogP contribution in [0.5, 0.6) is 23.0 Å². The van der Waals surface area contributed by atoms with E-state index in [2.05, 4.69) is 0 Å². The number of benzene rings is 2. The molecule has 0 atom stereocenters. The van der Waals surface area contributed by atoms with E-state index in [-0.39, 0.29) is 11.5 Å². The number of thiophene rings is 1. The van der Waals surface area contributed by atoms with Gasteiger partial charge in [-0.3, -0.25) is 4.79 Å². The molecule has 3 aromatic rings. The molecule has 2 aromatic carbocycles. The Morgan fingerprint density at radius 2 is 1.86 bits per heavy atom. The summed E-state index contributed by atoms with van der Waals surface area (Å²) in [5.74, 6) is 1.27. The molecule has 29 heavy (non-hydrogen) atoms. The Hall–Kier alpha value is -3.58. The van der Waals surface area contributed by atoms with Crippen molar-refractivity contribution in [2.24, 2.45) is 0 Å². The van der Waals surface area contributed by atoms with Gasteiger partial charge in [0.15, 0.2) is 5.76 Å². The fourth-order valence-corrected chi connectivity index (χ4v) is 3.47. The van der Waals surface area contributed by atoms with Gasteiger partial charge in [-0.05, 0) is 47.9 Å². The number of carbonyl (C=O) groups is 2. The summed E-state index contributed by atoms with van der Waals surface area (Å²) in [6, 6.07) is 13.4. The average Bonchev–Trinajstić information content (AvgIpc) is 3.37. The summed E-state index contributed by atoms with van der Waals surface area (Å²) in [4.78, 5) is 25.3. The molecule has 0 amide bonds. The molecule has 6 nitrogen and oxygen atoms in total. The number of Topliss-reactive ketones (excluding diaryl/α,β-unsaturated/α-hetero) is 1. The van der Waals surface area contributed by atoms with Gasteiger partial charge in [0.1, 0.15) is 27.9 Å². The molecular formula is C22H16O6S. The molecule has 1 aromatic heterocycles. The zero-order valence-electron chi connectivity index (χ0n) is 15.6. The highest BCUT2D eigenvalue weighted by Crippen LogP contribution is 2.36. The van der Waals surface area contributed by atoms with Crippen molar-refractivity contribution in [3.05, 3.63) is 75.7 Å². The highest BCUT2D eigenvalue weighted by atomic mass is 32.1. The van der Waals surface area contributed by atoms with Crippen LogP contribution in [-0.2, 0) is 0 Å². The molecule has 0 saturated heterocycles. The van der Waals surface area contributed by atoms with Crippen LogP contribution in [0.15, 0.2) is 59.7 Å². The Bertz CT molecular complexity index is 1110. The smallest absolute Gasteiger partial charge is 0.353 e. The number of hydrogen-bond acceptors (Lipinski definition) is 7. The molecule has 146 valence electrons. The zero-order chi connectivity index (χ0) is 20.4. The molecule has 4 rings (SSSR count). The van der Waals surface area contributed by atoms with E-state index < -0.39 is 5.97 Å². The van der Waals surface area contributed by atoms with E-state index in [1.807, 2.05) is 0 Å². The van der Waals surface area contributed by atoms with Crippen LogP contribution in [0.4, 0.5) is 0 Å². The number of ketones is 1. The van der Waals surface area contributed by atoms with Crippen molar-refractivity contribution in [3.63, 3.8) is 0 Å². The fourth-order valence-electron chi connectivity index (χ4n) is 2.88. The SMILES string of the molecule is COc1ccc(OC)c(C=C2Oc3cc(OC(=O)c4cccs4)ccc3C2=O)c1. The van der Waals surface area contributed by atoms with Crippen molar-refractivity contribution >= 4 is 29.2 Å². The lowest BCUT2D eigenvalue weighted by atomic mass is 10.1. The summed E-state index contributed by atoms with van der Waals surface area (Å²) in [5.41, 5.74) is 1.04. The maximum Gasteiger partial charge on any atom is 0.353 e. The quantitative estimate of drug-likeness (QED) is 0.349. The third kappa shape index (κ3) is 3.72. The fraction of sp³-hybridized carbons (Fsp3) is 0.0909. The van der Waals surface area contributed by atoms with Crippen molar-refractivity contribution in [1.29, 1.82) is 0 Å². The Labute approximate surface area is 170 Å². The third-order valence-corrected chi connectivity index (χ3v) is 5.15. The summed E-state index contributed by atoms with van der Waals surface area (Å²) >= 11 is 1.29. The zero-order valence-corrected chi connectivity index (χ0v) is 16.4. The first-order valence-corrected chi connectivity index (χ1v) is 9.53. The summed E-state index contributed by atoms with van der Waals surface area (Å²) in [5, 5.41) is 1.80. The molecule has 0 aliphatic carbocycles. The molecule has 0 unspecified atom stereocenters. The molecule has 0 saturated carbocycles. The Morgan fingerprint density at radius 3 is 2.59 bits per heavy atom. The highest BCUT2D eigenvalue weighted by Gasteiger charge is 2.28. The molecule has 1 aliphatic rings. The normalized spacial score (nSPS) is 13.7. The van der Waals surface area contributed by atoms with Crippen LogP contribution >= 0.6 is 11.3 Å². The number of methoxy groups -OCH3 is 2. The van der Waals surface area contributed by atoms with E-state index >= 15 is 0 Å². The monoisotopic (exact) mass is 408 g/mol. The van der Waals surface area contributed by atoms with Gasteiger partial charge >= 0.3 is 5.97 Å². The van der Waals surface area contributed by atoms with Gasteiger partial charge in [-0.2, -0.15) is 0 Å². The second-order valence-electron chi connectivity index (χ2n) is 6.07. The Morgan fingerprint density at radius 1 is 1.03 bits per heavy atom. The minimum Gasteiger partial charge on any atom is -0.497 e. The van der Waals surface area contributed by atoms with E-state index in [0.717, 1.165) is 0 Å². The first-order valence-electron chi connectivity index (χ1n) is 8.65. The van der Waals surface area contributed by atoms with Crippen LogP contribution in [0.3, 0.4) is 0 Å². The lowest BCUT2D eigenvalue weighted by Gasteiger charge is -2.08. The van der Waals surface area contributed by atoms with Gasteiger partial charge in [0.05, 0.1) is 19.8 Å². The van der Waals surface area contributed by atoms with Crippen molar-refractivity contribution in [2.45, 2.75) is 0 Å². The second kappa shape index (κ2) is 7.81. The van der Waals surface area contributed by atoms with E-state index in [9.17, 15) is 9.59 Å². The van der Waals surface area contributed by atoms with Gasteiger partial charge in [-0.15, -0.1) is 11.3 Å². The highest BCUT2D eigenvalue weighted by molar-refractivity contribution is 7.12. The van der Waals surface area contributed by atoms with Crippen molar-refractivity contribution < 1.29 is 28.5 Å². The van der Waals surface area contributed by atoms with Crippen molar-refractivity contribution in [1.82, 2.24) is 0 Å².